The molecule has 138 valence electrons. The molecular weight excluding hydrogens is 366 g/mol. The highest BCUT2D eigenvalue weighted by molar-refractivity contribution is 7.98. The number of rotatable bonds is 7. The zero-order valence-corrected chi connectivity index (χ0v) is 14.8. The molecule has 1 heterocycles. The van der Waals surface area contributed by atoms with Gasteiger partial charge in [0.25, 0.3) is 5.91 Å². The number of thioether (sulfide) groups is 1. The molecule has 26 heavy (non-hydrogen) atoms. The first-order chi connectivity index (χ1) is 12.4. The van der Waals surface area contributed by atoms with E-state index in [0.29, 0.717) is 10.7 Å². The molecule has 1 N–H and O–H groups in total. The van der Waals surface area contributed by atoms with Crippen LogP contribution in [0.1, 0.15) is 17.3 Å². The van der Waals surface area contributed by atoms with Crippen LogP contribution in [0.25, 0.3) is 0 Å². The number of amides is 1. The summed E-state index contributed by atoms with van der Waals surface area (Å²) < 4.78 is 33.6. The van der Waals surface area contributed by atoms with Crippen LogP contribution in [-0.2, 0) is 9.53 Å². The molecule has 0 aliphatic heterocycles. The highest BCUT2D eigenvalue weighted by Gasteiger charge is 2.21. The summed E-state index contributed by atoms with van der Waals surface area (Å²) in [6, 6.07) is 8.55. The van der Waals surface area contributed by atoms with Gasteiger partial charge in [-0.2, -0.15) is 8.78 Å². The third-order valence-corrected chi connectivity index (χ3v) is 3.90. The summed E-state index contributed by atoms with van der Waals surface area (Å²) in [4.78, 5) is 28.4. The number of hydrogen-bond acceptors (Lipinski definition) is 6. The van der Waals surface area contributed by atoms with Gasteiger partial charge >= 0.3 is 12.6 Å². The predicted molar refractivity (Wildman–Crippen MR) is 92.6 cm³/mol. The number of carbonyl (C=O) groups excluding carboxylic acids is 2. The van der Waals surface area contributed by atoms with E-state index in [9.17, 15) is 18.4 Å². The summed E-state index contributed by atoms with van der Waals surface area (Å²) >= 11 is 1.29. The molecule has 0 unspecified atom stereocenters. The topological polar surface area (TPSA) is 77.5 Å². The summed E-state index contributed by atoms with van der Waals surface area (Å²) in [5.74, 6) is -1.25. The minimum absolute atomic E-state index is 0.0290. The molecule has 0 saturated heterocycles. The third kappa shape index (κ3) is 5.41. The fourth-order valence-electron chi connectivity index (χ4n) is 1.95. The number of alkyl halides is 2. The normalized spacial score (nSPS) is 11.7. The number of anilines is 1. The Bertz CT molecular complexity index is 772. The summed E-state index contributed by atoms with van der Waals surface area (Å²) in [6.07, 6.45) is 2.27. The quantitative estimate of drug-likeness (QED) is 0.583. The zero-order valence-electron chi connectivity index (χ0n) is 13.9. The molecule has 1 aromatic heterocycles. The van der Waals surface area contributed by atoms with Crippen molar-refractivity contribution >= 4 is 29.3 Å². The van der Waals surface area contributed by atoms with E-state index in [1.54, 1.807) is 24.6 Å². The number of benzene rings is 1. The second-order valence-corrected chi connectivity index (χ2v) is 5.79. The van der Waals surface area contributed by atoms with Gasteiger partial charge in [-0.3, -0.25) is 4.79 Å². The largest absolute Gasteiger partial charge is 0.449 e. The van der Waals surface area contributed by atoms with Crippen LogP contribution in [0.4, 0.5) is 14.5 Å². The van der Waals surface area contributed by atoms with Crippen molar-refractivity contribution < 1.29 is 27.8 Å². The first kappa shape index (κ1) is 19.6. The maximum atomic E-state index is 12.2. The van der Waals surface area contributed by atoms with Crippen LogP contribution in [0, 0.1) is 0 Å². The Kier molecular flexibility index (Phi) is 6.90. The van der Waals surface area contributed by atoms with Gasteiger partial charge in [0, 0.05) is 11.9 Å². The molecule has 0 aliphatic rings. The number of esters is 1. The number of ether oxygens (including phenoxy) is 2. The van der Waals surface area contributed by atoms with Gasteiger partial charge in [0.05, 0.1) is 5.56 Å². The van der Waals surface area contributed by atoms with Crippen molar-refractivity contribution in [3.8, 4) is 5.75 Å². The lowest BCUT2D eigenvalue weighted by Crippen LogP contribution is -2.30. The molecule has 2 rings (SSSR count). The predicted octanol–water partition coefficient (Wildman–Crippen LogP) is 3.59. The van der Waals surface area contributed by atoms with Crippen molar-refractivity contribution in [2.75, 3.05) is 11.6 Å². The van der Waals surface area contributed by atoms with Crippen LogP contribution in [-0.4, -0.2) is 35.8 Å². The highest BCUT2D eigenvalue weighted by atomic mass is 32.2. The molecule has 6 nitrogen and oxygen atoms in total. The van der Waals surface area contributed by atoms with Gasteiger partial charge in [0.1, 0.15) is 10.8 Å². The Hall–Kier alpha value is -2.68. The van der Waals surface area contributed by atoms with E-state index in [4.69, 9.17) is 4.74 Å². The van der Waals surface area contributed by atoms with Crippen molar-refractivity contribution in [1.29, 1.82) is 0 Å². The molecular formula is C17H16F2N2O4S. The van der Waals surface area contributed by atoms with Gasteiger partial charge in [-0.15, -0.1) is 11.8 Å². The second kappa shape index (κ2) is 9.14. The Morgan fingerprint density at radius 2 is 1.88 bits per heavy atom. The number of aromatic nitrogens is 1. The maximum absolute atomic E-state index is 12.2. The van der Waals surface area contributed by atoms with Gasteiger partial charge in [-0.25, -0.2) is 9.78 Å². The van der Waals surface area contributed by atoms with Crippen LogP contribution in [0.5, 0.6) is 5.75 Å². The maximum Gasteiger partial charge on any atom is 0.387 e. The lowest BCUT2D eigenvalue weighted by Gasteiger charge is -2.14. The van der Waals surface area contributed by atoms with Crippen LogP contribution >= 0.6 is 11.8 Å². The number of halogens is 2. The third-order valence-electron chi connectivity index (χ3n) is 3.18. The molecule has 0 saturated carbocycles. The minimum Gasteiger partial charge on any atom is -0.449 e. The van der Waals surface area contributed by atoms with Gasteiger partial charge in [0.2, 0.25) is 0 Å². The van der Waals surface area contributed by atoms with Crippen LogP contribution in [0.15, 0.2) is 47.6 Å². The average molecular weight is 382 g/mol. The molecule has 0 spiro atoms. The van der Waals surface area contributed by atoms with Crippen molar-refractivity contribution in [3.63, 3.8) is 0 Å². The number of carbonyl (C=O) groups is 2. The first-order valence-corrected chi connectivity index (χ1v) is 8.69. The van der Waals surface area contributed by atoms with E-state index >= 15 is 0 Å². The van der Waals surface area contributed by atoms with E-state index in [1.165, 1.54) is 43.0 Å². The standard InChI is InChI=1S/C17H16F2N2O4S/c1-10(24-16(23)13-4-3-9-20-15(13)26-2)14(22)21-11-5-7-12(8-6-11)25-17(18)19/h3-10,17H,1-2H3,(H,21,22)/t10-/m1/s1. The molecule has 0 aliphatic carbocycles. The number of hydrogen-bond donors (Lipinski definition) is 1. The van der Waals surface area contributed by atoms with Crippen LogP contribution < -0.4 is 10.1 Å². The molecule has 0 bridgehead atoms. The molecule has 9 heteroatoms. The molecule has 1 aromatic carbocycles. The zero-order chi connectivity index (χ0) is 19.1. The number of nitrogens with one attached hydrogen (secondary N) is 1. The van der Waals surface area contributed by atoms with E-state index in [1.807, 2.05) is 0 Å². The lowest BCUT2D eigenvalue weighted by molar-refractivity contribution is -0.123. The lowest BCUT2D eigenvalue weighted by atomic mass is 10.2. The van der Waals surface area contributed by atoms with Crippen LogP contribution in [0.3, 0.4) is 0 Å². The van der Waals surface area contributed by atoms with Crippen molar-refractivity contribution in [2.24, 2.45) is 0 Å². The molecule has 0 radical (unpaired) electrons. The Balaban J connectivity index is 1.95. The van der Waals surface area contributed by atoms with Gasteiger partial charge in [-0.1, -0.05) is 0 Å². The Morgan fingerprint density at radius 1 is 1.19 bits per heavy atom. The monoisotopic (exact) mass is 382 g/mol. The van der Waals surface area contributed by atoms with Gasteiger partial charge in [0.15, 0.2) is 6.10 Å². The second-order valence-electron chi connectivity index (χ2n) is 5.00. The summed E-state index contributed by atoms with van der Waals surface area (Å²) in [7, 11) is 0. The summed E-state index contributed by atoms with van der Waals surface area (Å²) in [5, 5.41) is 3.03. The highest BCUT2D eigenvalue weighted by Crippen LogP contribution is 2.20. The minimum atomic E-state index is -2.92. The fourth-order valence-corrected chi connectivity index (χ4v) is 2.49. The molecule has 2 aromatic rings. The average Bonchev–Trinajstić information content (AvgIpc) is 2.62. The number of pyridine rings is 1. The van der Waals surface area contributed by atoms with Crippen molar-refractivity contribution in [3.05, 3.63) is 48.2 Å². The van der Waals surface area contributed by atoms with E-state index in [0.717, 1.165) is 0 Å². The number of nitrogens with zero attached hydrogens (tertiary/aromatic N) is 1. The smallest absolute Gasteiger partial charge is 0.387 e. The molecule has 1 atom stereocenters. The Labute approximate surface area is 152 Å². The SMILES string of the molecule is CSc1ncccc1C(=O)O[C@H](C)C(=O)Nc1ccc(OC(F)F)cc1. The summed E-state index contributed by atoms with van der Waals surface area (Å²) in [5.41, 5.74) is 0.624. The van der Waals surface area contributed by atoms with Crippen LogP contribution in [0.2, 0.25) is 0 Å². The molecule has 1 amide bonds. The molecule has 0 fully saturated rings. The van der Waals surface area contributed by atoms with E-state index in [2.05, 4.69) is 15.0 Å². The van der Waals surface area contributed by atoms with Crippen molar-refractivity contribution in [1.82, 2.24) is 4.98 Å². The van der Waals surface area contributed by atoms with Gasteiger partial charge < -0.3 is 14.8 Å². The van der Waals surface area contributed by atoms with E-state index in [-0.39, 0.29) is 11.3 Å². The fraction of sp³-hybridized carbons (Fsp3) is 0.235. The van der Waals surface area contributed by atoms with Crippen molar-refractivity contribution in [2.45, 2.75) is 24.7 Å². The Morgan fingerprint density at radius 3 is 2.50 bits per heavy atom. The first-order valence-electron chi connectivity index (χ1n) is 7.46. The summed E-state index contributed by atoms with van der Waals surface area (Å²) in [6.45, 7) is -1.50. The van der Waals surface area contributed by atoms with Gasteiger partial charge in [-0.05, 0) is 49.6 Å². The van der Waals surface area contributed by atoms with E-state index < -0.39 is 24.6 Å².